The molecule has 2 aliphatic rings. The number of rotatable bonds is 4. The molecule has 1 aromatic rings. The van der Waals surface area contributed by atoms with Crippen LogP contribution in [-0.4, -0.2) is 71.0 Å². The minimum atomic E-state index is -1.28. The summed E-state index contributed by atoms with van der Waals surface area (Å²) in [6.07, 6.45) is 0.0243. The van der Waals surface area contributed by atoms with Crippen LogP contribution in [0.2, 0.25) is 0 Å². The van der Waals surface area contributed by atoms with Crippen LogP contribution in [0.25, 0.3) is 0 Å². The second kappa shape index (κ2) is 9.59. The Kier molecular flexibility index (Phi) is 7.11. The fourth-order valence-electron chi connectivity index (χ4n) is 3.70. The second-order valence-electron chi connectivity index (χ2n) is 7.24. The summed E-state index contributed by atoms with van der Waals surface area (Å²) < 4.78 is 5.45. The van der Waals surface area contributed by atoms with E-state index >= 15 is 0 Å². The van der Waals surface area contributed by atoms with Gasteiger partial charge < -0.3 is 30.5 Å². The van der Waals surface area contributed by atoms with E-state index in [0.717, 1.165) is 0 Å². The number of aliphatic hydroxyl groups is 2. The number of carbonyl (C=O) groups is 3. The van der Waals surface area contributed by atoms with Crippen molar-refractivity contribution in [3.63, 3.8) is 0 Å². The highest BCUT2D eigenvalue weighted by Gasteiger charge is 2.39. The van der Waals surface area contributed by atoms with E-state index in [1.54, 1.807) is 24.3 Å². The first kappa shape index (κ1) is 22.3. The summed E-state index contributed by atoms with van der Waals surface area (Å²) in [4.78, 5) is 38.7. The standard InChI is InChI=1S/C20H24BrN3O6/c1-30-19(28)15-7-4-8-24(15)18(27)11-9-14(17(26)16(25)10-11)23-20(29)22-13-6-3-2-5-12(13)21/h2-3,5-6,9,14-17,25-26H,4,7-8,10H2,1H3,(H2,22,23,29)/t14-,15+,16-,17-/m1/s1. The van der Waals surface area contributed by atoms with E-state index in [1.807, 2.05) is 0 Å². The lowest BCUT2D eigenvalue weighted by Crippen LogP contribution is -2.52. The highest BCUT2D eigenvalue weighted by molar-refractivity contribution is 9.10. The number of para-hydroxylation sites is 1. The summed E-state index contributed by atoms with van der Waals surface area (Å²) in [6, 6.07) is 4.77. The maximum atomic E-state index is 13.0. The minimum Gasteiger partial charge on any atom is -0.467 e. The van der Waals surface area contributed by atoms with E-state index in [-0.39, 0.29) is 12.0 Å². The third-order valence-electron chi connectivity index (χ3n) is 5.25. The molecule has 3 amide bonds. The number of methoxy groups -OCH3 is 1. The Labute approximate surface area is 182 Å². The van der Waals surface area contributed by atoms with Crippen molar-refractivity contribution in [2.45, 2.75) is 43.6 Å². The summed E-state index contributed by atoms with van der Waals surface area (Å²) in [6.45, 7) is 0.398. The first-order valence-electron chi connectivity index (χ1n) is 9.59. The van der Waals surface area contributed by atoms with Gasteiger partial charge in [0.1, 0.15) is 12.1 Å². The van der Waals surface area contributed by atoms with Crippen LogP contribution in [0.3, 0.4) is 0 Å². The number of benzene rings is 1. The largest absolute Gasteiger partial charge is 0.467 e. The molecule has 0 aromatic heterocycles. The third kappa shape index (κ3) is 4.82. The molecule has 0 unspecified atom stereocenters. The molecule has 0 spiro atoms. The molecule has 1 heterocycles. The third-order valence-corrected chi connectivity index (χ3v) is 5.94. The maximum absolute atomic E-state index is 13.0. The number of urea groups is 1. The predicted molar refractivity (Wildman–Crippen MR) is 112 cm³/mol. The summed E-state index contributed by atoms with van der Waals surface area (Å²) in [5.41, 5.74) is 0.758. The maximum Gasteiger partial charge on any atom is 0.328 e. The fraction of sp³-hybridized carbons (Fsp3) is 0.450. The average Bonchev–Trinajstić information content (AvgIpc) is 3.21. The molecule has 1 saturated heterocycles. The second-order valence-corrected chi connectivity index (χ2v) is 8.09. The van der Waals surface area contributed by atoms with Crippen LogP contribution < -0.4 is 10.6 Å². The molecule has 0 radical (unpaired) electrons. The number of likely N-dealkylation sites (tertiary alicyclic amines) is 1. The van der Waals surface area contributed by atoms with Gasteiger partial charge in [0.15, 0.2) is 0 Å². The van der Waals surface area contributed by atoms with Crippen LogP contribution in [0, 0.1) is 0 Å². The van der Waals surface area contributed by atoms with Crippen molar-refractivity contribution in [3.8, 4) is 0 Å². The smallest absolute Gasteiger partial charge is 0.328 e. The number of nitrogens with zero attached hydrogens (tertiary/aromatic N) is 1. The molecule has 1 fully saturated rings. The van der Waals surface area contributed by atoms with Crippen molar-refractivity contribution in [2.75, 3.05) is 19.0 Å². The zero-order valence-corrected chi connectivity index (χ0v) is 18.0. The number of ether oxygens (including phenoxy) is 1. The van der Waals surface area contributed by atoms with E-state index in [2.05, 4.69) is 26.6 Å². The molecule has 4 N–H and O–H groups in total. The first-order valence-corrected chi connectivity index (χ1v) is 10.4. The van der Waals surface area contributed by atoms with Crippen LogP contribution in [0.15, 0.2) is 40.4 Å². The molecular formula is C20H24BrN3O6. The number of halogens is 1. The zero-order chi connectivity index (χ0) is 21.8. The van der Waals surface area contributed by atoms with Gasteiger partial charge in [-0.05, 0) is 40.9 Å². The number of hydrogen-bond donors (Lipinski definition) is 4. The molecule has 1 aliphatic carbocycles. The molecular weight excluding hydrogens is 458 g/mol. The van der Waals surface area contributed by atoms with Crippen molar-refractivity contribution in [2.24, 2.45) is 0 Å². The van der Waals surface area contributed by atoms with Crippen LogP contribution in [0.1, 0.15) is 19.3 Å². The number of esters is 1. The van der Waals surface area contributed by atoms with Gasteiger partial charge in [-0.25, -0.2) is 9.59 Å². The molecule has 30 heavy (non-hydrogen) atoms. The van der Waals surface area contributed by atoms with Crippen molar-refractivity contribution < 1.29 is 29.3 Å². The van der Waals surface area contributed by atoms with Crippen LogP contribution in [0.5, 0.6) is 0 Å². The number of hydrogen-bond acceptors (Lipinski definition) is 6. The van der Waals surface area contributed by atoms with Gasteiger partial charge in [-0.2, -0.15) is 0 Å². The fourth-order valence-corrected chi connectivity index (χ4v) is 4.09. The molecule has 0 saturated carbocycles. The van der Waals surface area contributed by atoms with E-state index in [9.17, 15) is 24.6 Å². The van der Waals surface area contributed by atoms with Gasteiger partial charge in [0.05, 0.1) is 24.9 Å². The van der Waals surface area contributed by atoms with Crippen molar-refractivity contribution >= 4 is 39.5 Å². The first-order chi connectivity index (χ1) is 14.3. The van der Waals surface area contributed by atoms with Gasteiger partial charge in [0.2, 0.25) is 5.91 Å². The number of carbonyl (C=O) groups excluding carboxylic acids is 3. The Morgan fingerprint density at radius 2 is 1.97 bits per heavy atom. The number of anilines is 1. The number of aliphatic hydroxyl groups excluding tert-OH is 2. The van der Waals surface area contributed by atoms with E-state index in [1.165, 1.54) is 18.1 Å². The Morgan fingerprint density at radius 3 is 2.67 bits per heavy atom. The van der Waals surface area contributed by atoms with E-state index < -0.39 is 42.2 Å². The quantitative estimate of drug-likeness (QED) is 0.477. The van der Waals surface area contributed by atoms with Gasteiger partial charge in [-0.1, -0.05) is 18.2 Å². The van der Waals surface area contributed by atoms with Gasteiger partial charge in [-0.3, -0.25) is 4.79 Å². The molecule has 162 valence electrons. The van der Waals surface area contributed by atoms with E-state index in [0.29, 0.717) is 29.5 Å². The lowest BCUT2D eigenvalue weighted by Gasteiger charge is -2.33. The van der Waals surface area contributed by atoms with Crippen LogP contribution in [0.4, 0.5) is 10.5 Å². The highest BCUT2D eigenvalue weighted by atomic mass is 79.9. The number of amides is 3. The molecule has 1 aliphatic heterocycles. The lowest BCUT2D eigenvalue weighted by molar-refractivity contribution is -0.150. The molecule has 10 heteroatoms. The summed E-state index contributed by atoms with van der Waals surface area (Å²) >= 11 is 3.33. The molecule has 9 nitrogen and oxygen atoms in total. The normalized spacial score (nSPS) is 26.0. The Bertz CT molecular complexity index is 861. The SMILES string of the molecule is COC(=O)[C@@H]1CCCN1C(=O)C1=C[C@@H](NC(=O)Nc2ccccc2Br)[C@@H](O)[C@H](O)C1. The van der Waals surface area contributed by atoms with Gasteiger partial charge in [0.25, 0.3) is 0 Å². The average molecular weight is 482 g/mol. The summed E-state index contributed by atoms with van der Waals surface area (Å²) in [5, 5.41) is 25.8. The topological polar surface area (TPSA) is 128 Å². The Hall–Kier alpha value is -2.43. The van der Waals surface area contributed by atoms with Crippen molar-refractivity contribution in [1.29, 1.82) is 0 Å². The number of nitrogens with one attached hydrogen (secondary N) is 2. The Balaban J connectivity index is 1.73. The van der Waals surface area contributed by atoms with Gasteiger partial charge in [-0.15, -0.1) is 0 Å². The molecule has 1 aromatic carbocycles. The predicted octanol–water partition coefficient (Wildman–Crippen LogP) is 1.16. The lowest BCUT2D eigenvalue weighted by atomic mass is 9.89. The molecule has 4 atom stereocenters. The molecule has 3 rings (SSSR count). The van der Waals surface area contributed by atoms with Crippen LogP contribution >= 0.6 is 15.9 Å². The van der Waals surface area contributed by atoms with E-state index in [4.69, 9.17) is 4.74 Å². The van der Waals surface area contributed by atoms with Crippen molar-refractivity contribution in [3.05, 3.63) is 40.4 Å². The zero-order valence-electron chi connectivity index (χ0n) is 16.4. The summed E-state index contributed by atoms with van der Waals surface area (Å²) in [5.74, 6) is -0.896. The molecule has 0 bridgehead atoms. The van der Waals surface area contributed by atoms with Crippen molar-refractivity contribution in [1.82, 2.24) is 10.2 Å². The summed E-state index contributed by atoms with van der Waals surface area (Å²) in [7, 11) is 1.27. The Morgan fingerprint density at radius 1 is 1.23 bits per heavy atom. The van der Waals surface area contributed by atoms with Crippen LogP contribution in [-0.2, 0) is 14.3 Å². The van der Waals surface area contributed by atoms with Gasteiger partial charge in [0, 0.05) is 23.0 Å². The minimum absolute atomic E-state index is 0.0750. The highest BCUT2D eigenvalue weighted by Crippen LogP contribution is 2.27. The van der Waals surface area contributed by atoms with Gasteiger partial charge >= 0.3 is 12.0 Å². The monoisotopic (exact) mass is 481 g/mol.